The van der Waals surface area contributed by atoms with E-state index in [1.54, 1.807) is 11.7 Å². The molecular weight excluding hydrogens is 155 g/mol. The minimum absolute atomic E-state index is 0.185. The molecule has 2 nitrogen and oxygen atoms in total. The first kappa shape index (κ1) is 7.68. The zero-order chi connectivity index (χ0) is 8.39. The fourth-order valence-electron chi connectivity index (χ4n) is 1.72. The van der Waals surface area contributed by atoms with Crippen LogP contribution in [-0.4, -0.2) is 4.98 Å². The zero-order valence-electron chi connectivity index (χ0n) is 6.76. The van der Waals surface area contributed by atoms with Gasteiger partial charge < -0.3 is 0 Å². The topological polar surface area (TPSA) is 24.9 Å². The summed E-state index contributed by atoms with van der Waals surface area (Å²) < 4.78 is 12.3. The highest BCUT2D eigenvalue weighted by molar-refractivity contribution is 5.24. The van der Waals surface area contributed by atoms with Gasteiger partial charge in [0.1, 0.15) is 0 Å². The number of hydrogen-bond donors (Lipinski definition) is 1. The number of aromatic nitrogens is 1. The van der Waals surface area contributed by atoms with Crippen molar-refractivity contribution >= 4 is 0 Å². The van der Waals surface area contributed by atoms with E-state index >= 15 is 0 Å². The number of rotatable bonds is 1. The second-order valence-corrected chi connectivity index (χ2v) is 3.10. The number of halogens is 1. The Balaban J connectivity index is 2.37. The molecule has 0 spiro atoms. The minimum Gasteiger partial charge on any atom is -0.259 e. The summed E-state index contributed by atoms with van der Waals surface area (Å²) in [5, 5.41) is 0. The van der Waals surface area contributed by atoms with Crippen molar-refractivity contribution in [1.29, 1.82) is 0 Å². The van der Waals surface area contributed by atoms with Gasteiger partial charge in [0.2, 0.25) is 0 Å². The lowest BCUT2D eigenvalue weighted by Crippen LogP contribution is -2.20. The molecule has 2 rings (SSSR count). The quantitative estimate of drug-likeness (QED) is 0.645. The molecule has 1 atom stereocenters. The first-order valence-electron chi connectivity index (χ1n) is 4.22. The summed E-state index contributed by atoms with van der Waals surface area (Å²) in [6.07, 6.45) is 4.64. The maximum absolute atomic E-state index is 12.3. The van der Waals surface area contributed by atoms with Crippen LogP contribution in [0.25, 0.3) is 0 Å². The Morgan fingerprint density at radius 2 is 2.50 bits per heavy atom. The van der Waals surface area contributed by atoms with Crippen molar-refractivity contribution in [2.75, 3.05) is 0 Å². The van der Waals surface area contributed by atoms with Gasteiger partial charge in [-0.15, -0.1) is 4.48 Å². The van der Waals surface area contributed by atoms with Crippen LogP contribution in [-0.2, 0) is 6.42 Å². The van der Waals surface area contributed by atoms with Crippen LogP contribution in [0.4, 0.5) is 4.48 Å². The van der Waals surface area contributed by atoms with Gasteiger partial charge in [-0.05, 0) is 30.9 Å². The molecule has 64 valence electrons. The molecule has 3 heteroatoms. The molecule has 0 saturated heterocycles. The summed E-state index contributed by atoms with van der Waals surface area (Å²) in [6, 6.07) is 3.74. The van der Waals surface area contributed by atoms with Crippen LogP contribution < -0.4 is 5.54 Å². The zero-order valence-corrected chi connectivity index (χ0v) is 6.76. The molecule has 1 aliphatic rings. The first-order valence-corrected chi connectivity index (χ1v) is 4.22. The predicted molar refractivity (Wildman–Crippen MR) is 44.2 cm³/mol. The third kappa shape index (κ3) is 1.20. The average molecular weight is 166 g/mol. The molecule has 0 aromatic carbocycles. The highest BCUT2D eigenvalue weighted by atomic mass is 19.2. The van der Waals surface area contributed by atoms with Gasteiger partial charge in [-0.1, -0.05) is 6.07 Å². The summed E-state index contributed by atoms with van der Waals surface area (Å²) in [6.45, 7) is 0. The van der Waals surface area contributed by atoms with Crippen LogP contribution in [0.5, 0.6) is 0 Å². The normalized spacial score (nSPS) is 21.9. The van der Waals surface area contributed by atoms with E-state index in [2.05, 4.69) is 4.98 Å². The van der Waals surface area contributed by atoms with Gasteiger partial charge in [0.25, 0.3) is 0 Å². The molecule has 1 aliphatic carbocycles. The van der Waals surface area contributed by atoms with Crippen LogP contribution in [0.3, 0.4) is 0 Å². The Hall–Kier alpha value is -0.960. The molecule has 1 N–H and O–H groups in total. The maximum Gasteiger partial charge on any atom is 0.0795 e. The van der Waals surface area contributed by atoms with Crippen LogP contribution in [0, 0.1) is 0 Å². The van der Waals surface area contributed by atoms with E-state index in [9.17, 15) is 4.48 Å². The Morgan fingerprint density at radius 1 is 1.58 bits per heavy atom. The number of nitrogens with one attached hydrogen (secondary N) is 1. The lowest BCUT2D eigenvalue weighted by atomic mass is 9.92. The van der Waals surface area contributed by atoms with Crippen molar-refractivity contribution in [1.82, 2.24) is 10.5 Å². The van der Waals surface area contributed by atoms with Gasteiger partial charge in [-0.2, -0.15) is 5.54 Å². The number of nitrogens with zero attached hydrogens (tertiary/aromatic N) is 1. The molecule has 1 heterocycles. The van der Waals surface area contributed by atoms with E-state index < -0.39 is 0 Å². The van der Waals surface area contributed by atoms with Crippen molar-refractivity contribution in [2.24, 2.45) is 0 Å². The van der Waals surface area contributed by atoms with Gasteiger partial charge in [-0.3, -0.25) is 4.98 Å². The van der Waals surface area contributed by atoms with Gasteiger partial charge in [0, 0.05) is 6.20 Å². The van der Waals surface area contributed by atoms with Crippen LogP contribution in [0.2, 0.25) is 0 Å². The maximum atomic E-state index is 12.3. The Labute approximate surface area is 70.8 Å². The van der Waals surface area contributed by atoms with E-state index in [1.165, 1.54) is 5.56 Å². The fraction of sp³-hybridized carbons (Fsp3) is 0.444. The van der Waals surface area contributed by atoms with E-state index in [0.29, 0.717) is 0 Å². The summed E-state index contributed by atoms with van der Waals surface area (Å²) in [5.41, 5.74) is 3.86. The third-order valence-electron chi connectivity index (χ3n) is 2.33. The molecule has 1 aromatic heterocycles. The van der Waals surface area contributed by atoms with Crippen LogP contribution >= 0.6 is 0 Å². The Bertz CT molecular complexity index is 275. The van der Waals surface area contributed by atoms with Crippen LogP contribution in [0.15, 0.2) is 18.3 Å². The minimum atomic E-state index is -0.185. The summed E-state index contributed by atoms with van der Waals surface area (Å²) in [4.78, 5) is 4.17. The summed E-state index contributed by atoms with van der Waals surface area (Å²) >= 11 is 0. The highest BCUT2D eigenvalue weighted by Gasteiger charge is 2.20. The fourth-order valence-corrected chi connectivity index (χ4v) is 1.72. The van der Waals surface area contributed by atoms with E-state index in [4.69, 9.17) is 0 Å². The largest absolute Gasteiger partial charge is 0.259 e. The second-order valence-electron chi connectivity index (χ2n) is 3.10. The van der Waals surface area contributed by atoms with Gasteiger partial charge in [0.15, 0.2) is 0 Å². The first-order chi connectivity index (χ1) is 5.92. The standard InChI is InChI=1S/C9H11FN2/c10-12-8-5-1-3-7-4-2-6-11-9(7)8/h2,4,6,8,12H,1,3,5H2. The molecule has 0 amide bonds. The SMILES string of the molecule is FNC1CCCc2cccnc21. The number of fused-ring (bicyclic) bond motifs is 1. The molecule has 0 saturated carbocycles. The second kappa shape index (κ2) is 3.19. The van der Waals surface area contributed by atoms with Crippen molar-refractivity contribution in [3.05, 3.63) is 29.6 Å². The summed E-state index contributed by atoms with van der Waals surface area (Å²) in [7, 11) is 0. The lowest BCUT2D eigenvalue weighted by Gasteiger charge is -2.21. The predicted octanol–water partition coefficient (Wildman–Crippen LogP) is 1.93. The smallest absolute Gasteiger partial charge is 0.0795 e. The Morgan fingerprint density at radius 3 is 3.33 bits per heavy atom. The highest BCUT2D eigenvalue weighted by Crippen LogP contribution is 2.27. The number of hydrogen-bond acceptors (Lipinski definition) is 2. The monoisotopic (exact) mass is 166 g/mol. The van der Waals surface area contributed by atoms with Crippen molar-refractivity contribution in [3.8, 4) is 0 Å². The number of pyridine rings is 1. The molecule has 1 unspecified atom stereocenters. The van der Waals surface area contributed by atoms with E-state index in [0.717, 1.165) is 25.0 Å². The Kier molecular flexibility index (Phi) is 2.04. The average Bonchev–Trinajstić information content (AvgIpc) is 2.17. The molecule has 1 aromatic rings. The van der Waals surface area contributed by atoms with Gasteiger partial charge in [-0.25, -0.2) is 0 Å². The van der Waals surface area contributed by atoms with E-state index in [-0.39, 0.29) is 6.04 Å². The lowest BCUT2D eigenvalue weighted by molar-refractivity contribution is 0.249. The molecular formula is C9H11FN2. The van der Waals surface area contributed by atoms with Gasteiger partial charge >= 0.3 is 0 Å². The molecule has 0 bridgehead atoms. The molecule has 12 heavy (non-hydrogen) atoms. The van der Waals surface area contributed by atoms with Gasteiger partial charge in [0.05, 0.1) is 11.7 Å². The molecule has 0 fully saturated rings. The van der Waals surface area contributed by atoms with Crippen molar-refractivity contribution in [2.45, 2.75) is 25.3 Å². The van der Waals surface area contributed by atoms with Crippen LogP contribution in [0.1, 0.15) is 30.1 Å². The number of aryl methyl sites for hydroxylation is 1. The van der Waals surface area contributed by atoms with E-state index in [1.807, 2.05) is 12.1 Å². The summed E-state index contributed by atoms with van der Waals surface area (Å²) in [5.74, 6) is 0. The molecule has 0 radical (unpaired) electrons. The van der Waals surface area contributed by atoms with Crippen molar-refractivity contribution < 1.29 is 4.48 Å². The third-order valence-corrected chi connectivity index (χ3v) is 2.33. The molecule has 0 aliphatic heterocycles. The van der Waals surface area contributed by atoms with Crippen molar-refractivity contribution in [3.63, 3.8) is 0 Å².